The van der Waals surface area contributed by atoms with E-state index in [4.69, 9.17) is 4.74 Å². The van der Waals surface area contributed by atoms with Gasteiger partial charge in [-0.15, -0.1) is 0 Å². The molecule has 0 bridgehead atoms. The Hall–Kier alpha value is -3.51. The van der Waals surface area contributed by atoms with E-state index in [2.05, 4.69) is 0 Å². The summed E-state index contributed by atoms with van der Waals surface area (Å²) in [7, 11) is 1.49. The van der Waals surface area contributed by atoms with Crippen molar-refractivity contribution >= 4 is 11.9 Å². The number of esters is 1. The van der Waals surface area contributed by atoms with Crippen molar-refractivity contribution in [3.05, 3.63) is 107 Å². The number of nitrogens with zero attached hydrogens (tertiary/aromatic N) is 1. The summed E-state index contributed by atoms with van der Waals surface area (Å²) >= 11 is 0. The Bertz CT molecular complexity index is 968. The van der Waals surface area contributed by atoms with E-state index in [1.54, 1.807) is 78.9 Å². The normalized spacial score (nSPS) is 11.0. The first kappa shape index (κ1) is 21.2. The average molecular weight is 407 g/mol. The molecule has 0 radical (unpaired) electrons. The Morgan fingerprint density at radius 3 is 1.93 bits per heavy atom. The third-order valence-corrected chi connectivity index (χ3v) is 4.80. The molecule has 0 unspecified atom stereocenters. The molecular formula is C24H22FNO4. The molecule has 3 aromatic carbocycles. The Balaban J connectivity index is 1.73. The van der Waals surface area contributed by atoms with Gasteiger partial charge in [0.05, 0.1) is 0 Å². The van der Waals surface area contributed by atoms with Gasteiger partial charge in [0.1, 0.15) is 5.82 Å². The van der Waals surface area contributed by atoms with Crippen molar-refractivity contribution < 1.29 is 23.8 Å². The van der Waals surface area contributed by atoms with E-state index < -0.39 is 29.9 Å². The lowest BCUT2D eigenvalue weighted by molar-refractivity contribution is -0.166. The highest BCUT2D eigenvalue weighted by atomic mass is 19.1. The van der Waals surface area contributed by atoms with Crippen LogP contribution in [0.15, 0.2) is 84.9 Å². The molecule has 0 saturated carbocycles. The molecule has 30 heavy (non-hydrogen) atoms. The molecule has 3 rings (SSSR count). The monoisotopic (exact) mass is 407 g/mol. The highest BCUT2D eigenvalue weighted by Crippen LogP contribution is 2.31. The van der Waals surface area contributed by atoms with Crippen LogP contribution in [0, 0.1) is 5.82 Å². The van der Waals surface area contributed by atoms with Crippen molar-refractivity contribution in [1.82, 2.24) is 4.90 Å². The summed E-state index contributed by atoms with van der Waals surface area (Å²) in [6, 6.07) is 22.9. The Kier molecular flexibility index (Phi) is 6.59. The van der Waals surface area contributed by atoms with Crippen LogP contribution in [0.25, 0.3) is 0 Å². The molecule has 0 spiro atoms. The van der Waals surface area contributed by atoms with Crippen molar-refractivity contribution in [2.45, 2.75) is 12.1 Å². The maximum Gasteiger partial charge on any atom is 0.348 e. The second-order valence-electron chi connectivity index (χ2n) is 6.86. The average Bonchev–Trinajstić information content (AvgIpc) is 2.79. The number of carbonyl (C=O) groups excluding carboxylic acids is 2. The lowest BCUT2D eigenvalue weighted by Crippen LogP contribution is -2.40. The number of benzene rings is 3. The number of halogens is 1. The van der Waals surface area contributed by atoms with Gasteiger partial charge < -0.3 is 14.7 Å². The molecular weight excluding hydrogens is 385 g/mol. The SMILES string of the molecule is CN(Cc1ccccc1F)C(=O)COC(=O)C(O)(c1ccccc1)c1ccccc1. The summed E-state index contributed by atoms with van der Waals surface area (Å²) in [5.41, 5.74) is -1.06. The zero-order chi connectivity index (χ0) is 21.6. The fourth-order valence-electron chi connectivity index (χ4n) is 3.07. The fourth-order valence-corrected chi connectivity index (χ4v) is 3.07. The number of hydrogen-bond acceptors (Lipinski definition) is 4. The van der Waals surface area contributed by atoms with Crippen LogP contribution in [-0.2, 0) is 26.5 Å². The lowest BCUT2D eigenvalue weighted by Gasteiger charge is -2.27. The van der Waals surface area contributed by atoms with Crippen molar-refractivity contribution in [2.24, 2.45) is 0 Å². The third-order valence-electron chi connectivity index (χ3n) is 4.80. The quantitative estimate of drug-likeness (QED) is 0.611. The molecule has 0 atom stereocenters. The van der Waals surface area contributed by atoms with E-state index in [9.17, 15) is 19.1 Å². The maximum atomic E-state index is 13.8. The van der Waals surface area contributed by atoms with Gasteiger partial charge >= 0.3 is 5.97 Å². The Labute approximate surface area is 174 Å². The number of aliphatic hydroxyl groups is 1. The van der Waals surface area contributed by atoms with Gasteiger partial charge in [0.25, 0.3) is 5.91 Å². The first-order valence-corrected chi connectivity index (χ1v) is 9.41. The number of rotatable bonds is 7. The first-order valence-electron chi connectivity index (χ1n) is 9.41. The molecule has 0 fully saturated rings. The number of likely N-dealkylation sites (N-methyl/N-ethyl adjacent to an activating group) is 1. The third kappa shape index (κ3) is 4.55. The zero-order valence-corrected chi connectivity index (χ0v) is 16.5. The molecule has 0 aromatic heterocycles. The van der Waals surface area contributed by atoms with E-state index in [0.717, 1.165) is 0 Å². The molecule has 154 valence electrons. The molecule has 6 heteroatoms. The van der Waals surface area contributed by atoms with Crippen molar-refractivity contribution in [3.8, 4) is 0 Å². The summed E-state index contributed by atoms with van der Waals surface area (Å²) in [4.78, 5) is 26.6. The van der Waals surface area contributed by atoms with E-state index >= 15 is 0 Å². The van der Waals surface area contributed by atoms with Crippen LogP contribution < -0.4 is 0 Å². The van der Waals surface area contributed by atoms with E-state index in [-0.39, 0.29) is 6.54 Å². The van der Waals surface area contributed by atoms with Crippen molar-refractivity contribution in [1.29, 1.82) is 0 Å². The van der Waals surface area contributed by atoms with Crippen LogP contribution in [0.5, 0.6) is 0 Å². The van der Waals surface area contributed by atoms with Crippen LogP contribution in [-0.4, -0.2) is 35.5 Å². The van der Waals surface area contributed by atoms with Crippen LogP contribution in [0.4, 0.5) is 4.39 Å². The predicted molar refractivity (Wildman–Crippen MR) is 110 cm³/mol. The summed E-state index contributed by atoms with van der Waals surface area (Å²) in [6.07, 6.45) is 0. The number of amides is 1. The minimum absolute atomic E-state index is 0.0324. The smallest absolute Gasteiger partial charge is 0.348 e. The van der Waals surface area contributed by atoms with Gasteiger partial charge in [-0.3, -0.25) is 4.79 Å². The molecule has 5 nitrogen and oxygen atoms in total. The number of carbonyl (C=O) groups is 2. The second kappa shape index (κ2) is 9.33. The van der Waals surface area contributed by atoms with E-state index in [0.29, 0.717) is 16.7 Å². The highest BCUT2D eigenvalue weighted by Gasteiger charge is 2.41. The molecule has 1 N–H and O–H groups in total. The second-order valence-corrected chi connectivity index (χ2v) is 6.86. The lowest BCUT2D eigenvalue weighted by atomic mass is 9.86. The van der Waals surface area contributed by atoms with Gasteiger partial charge in [-0.1, -0.05) is 78.9 Å². The highest BCUT2D eigenvalue weighted by molar-refractivity contribution is 5.88. The van der Waals surface area contributed by atoms with Crippen LogP contribution in [0.1, 0.15) is 16.7 Å². The first-order chi connectivity index (χ1) is 14.4. The minimum Gasteiger partial charge on any atom is -0.453 e. The molecule has 1 amide bonds. The molecule has 0 aliphatic heterocycles. The molecule has 0 aliphatic rings. The van der Waals surface area contributed by atoms with Crippen LogP contribution >= 0.6 is 0 Å². The molecule has 0 saturated heterocycles. The fraction of sp³-hybridized carbons (Fsp3) is 0.167. The largest absolute Gasteiger partial charge is 0.453 e. The van der Waals surface area contributed by atoms with E-state index in [1.165, 1.54) is 18.0 Å². The van der Waals surface area contributed by atoms with Gasteiger partial charge in [-0.25, -0.2) is 9.18 Å². The minimum atomic E-state index is -2.06. The maximum absolute atomic E-state index is 13.8. The topological polar surface area (TPSA) is 66.8 Å². The summed E-state index contributed by atoms with van der Waals surface area (Å²) in [5, 5.41) is 11.3. The van der Waals surface area contributed by atoms with Crippen LogP contribution in [0.2, 0.25) is 0 Å². The number of hydrogen-bond donors (Lipinski definition) is 1. The van der Waals surface area contributed by atoms with Crippen molar-refractivity contribution in [2.75, 3.05) is 13.7 Å². The standard InChI is InChI=1S/C24H22FNO4/c1-26(16-18-10-8-9-15-21(18)25)22(27)17-30-23(28)24(29,19-11-4-2-5-12-19)20-13-6-3-7-14-20/h2-15,29H,16-17H2,1H3. The summed E-state index contributed by atoms with van der Waals surface area (Å²) < 4.78 is 19.0. The van der Waals surface area contributed by atoms with Gasteiger partial charge in [0.15, 0.2) is 6.61 Å². The van der Waals surface area contributed by atoms with Gasteiger partial charge in [-0.2, -0.15) is 0 Å². The van der Waals surface area contributed by atoms with Gasteiger partial charge in [0, 0.05) is 19.2 Å². The van der Waals surface area contributed by atoms with E-state index in [1.807, 2.05) is 0 Å². The summed E-state index contributed by atoms with van der Waals surface area (Å²) in [6.45, 7) is -0.545. The van der Waals surface area contributed by atoms with Crippen LogP contribution in [0.3, 0.4) is 0 Å². The van der Waals surface area contributed by atoms with Crippen molar-refractivity contribution in [3.63, 3.8) is 0 Å². The predicted octanol–water partition coefficient (Wildman–Crippen LogP) is 3.26. The molecule has 3 aromatic rings. The Morgan fingerprint density at radius 2 is 1.40 bits per heavy atom. The van der Waals surface area contributed by atoms with Gasteiger partial charge in [0.2, 0.25) is 5.60 Å². The van der Waals surface area contributed by atoms with Gasteiger partial charge in [-0.05, 0) is 17.2 Å². The summed E-state index contributed by atoms with van der Waals surface area (Å²) in [5.74, 6) is -1.90. The molecule has 0 aliphatic carbocycles. The Morgan fingerprint density at radius 1 is 0.900 bits per heavy atom. The zero-order valence-electron chi connectivity index (χ0n) is 16.5. The number of ether oxygens (including phenoxy) is 1. The molecule has 0 heterocycles.